The van der Waals surface area contributed by atoms with E-state index in [9.17, 15) is 9.59 Å². The maximum Gasteiger partial charge on any atom is 0.259 e. The van der Waals surface area contributed by atoms with Gasteiger partial charge in [-0.1, -0.05) is 121 Å². The van der Waals surface area contributed by atoms with Gasteiger partial charge >= 0.3 is 0 Å². The molecular weight excluding hydrogens is 656 g/mol. The van der Waals surface area contributed by atoms with Crippen molar-refractivity contribution in [2.75, 3.05) is 13.1 Å². The number of nitrogens with one attached hydrogen (secondary N) is 2. The first-order valence-electron chi connectivity index (χ1n) is 17.3. The second kappa shape index (κ2) is 16.2. The maximum absolute atomic E-state index is 13.3. The Morgan fingerprint density at radius 1 is 0.510 bits per heavy atom. The van der Waals surface area contributed by atoms with Crippen LogP contribution in [-0.4, -0.2) is 32.2 Å². The number of fused-ring (bicyclic) bond motifs is 2. The average Bonchev–Trinajstić information content (AvgIpc) is 3.16. The van der Waals surface area contributed by atoms with Crippen LogP contribution in [0.2, 0.25) is 0 Å². The maximum atomic E-state index is 13.3. The summed E-state index contributed by atoms with van der Waals surface area (Å²) in [6.45, 7) is 6.81. The Bertz CT molecular complexity index is 1950. The molecule has 0 saturated carbocycles. The summed E-state index contributed by atoms with van der Waals surface area (Å²) >= 11 is 0. The molecule has 9 heteroatoms. The molecule has 6 aromatic rings. The molecule has 2 N–H and O–H groups in total. The van der Waals surface area contributed by atoms with Crippen LogP contribution in [0.15, 0.2) is 131 Å². The monoisotopic (exact) mass is 698 g/mol. The summed E-state index contributed by atoms with van der Waals surface area (Å²) in [5, 5.41) is 6.59. The Balaban J connectivity index is 0.000000172. The predicted molar refractivity (Wildman–Crippen MR) is 205 cm³/mol. The fourth-order valence-corrected chi connectivity index (χ4v) is 7.20. The molecule has 260 valence electrons. The van der Waals surface area contributed by atoms with E-state index < -0.39 is 0 Å². The third kappa shape index (κ3) is 7.49. The number of benzene rings is 4. The zero-order chi connectivity index (χ0) is 34.5. The Morgan fingerprint density at radius 2 is 0.804 bits per heavy atom. The highest BCUT2D eigenvalue weighted by Gasteiger charge is 2.26. The Labute approximate surface area is 304 Å². The number of rotatable bonds is 6. The molecular formula is C42H43ClN6O2. The molecule has 4 aromatic carbocycles. The second-order valence-electron chi connectivity index (χ2n) is 12.8. The van der Waals surface area contributed by atoms with E-state index in [2.05, 4.69) is 59.2 Å². The molecule has 4 heterocycles. The minimum Gasteiger partial charge on any atom is -0.312 e. The zero-order valence-electron chi connectivity index (χ0n) is 29.0. The van der Waals surface area contributed by atoms with Crippen molar-refractivity contribution < 1.29 is 0 Å². The molecule has 0 spiro atoms. The standard InChI is InChI=1S/2C21H21N3O.ClH/c2*1-15-23-19-12-13-22-14-18(19)21(25)24(15)20(16-8-4-2-5-9-16)17-10-6-3-7-11-17;/h2*2-11,20,22H,12-14H2,1H3;1H. The molecule has 0 unspecified atom stereocenters. The minimum absolute atomic E-state index is 0. The van der Waals surface area contributed by atoms with Gasteiger partial charge in [0.15, 0.2) is 0 Å². The molecule has 0 radical (unpaired) electrons. The zero-order valence-corrected chi connectivity index (χ0v) is 29.8. The van der Waals surface area contributed by atoms with Crippen molar-refractivity contribution in [3.8, 4) is 0 Å². The highest BCUT2D eigenvalue weighted by molar-refractivity contribution is 5.85. The lowest BCUT2D eigenvalue weighted by Crippen LogP contribution is -2.38. The van der Waals surface area contributed by atoms with Crippen molar-refractivity contribution in [2.24, 2.45) is 0 Å². The van der Waals surface area contributed by atoms with Gasteiger partial charge < -0.3 is 10.6 Å². The van der Waals surface area contributed by atoms with Crippen molar-refractivity contribution in [3.63, 3.8) is 0 Å². The molecule has 2 aliphatic rings. The first kappa shape index (κ1) is 35.7. The van der Waals surface area contributed by atoms with Crippen molar-refractivity contribution in [3.05, 3.63) is 198 Å². The summed E-state index contributed by atoms with van der Waals surface area (Å²) in [4.78, 5) is 36.1. The third-order valence-corrected chi connectivity index (χ3v) is 9.60. The van der Waals surface area contributed by atoms with Crippen molar-refractivity contribution in [1.29, 1.82) is 0 Å². The largest absolute Gasteiger partial charge is 0.312 e. The van der Waals surface area contributed by atoms with Gasteiger partial charge in [0.2, 0.25) is 0 Å². The molecule has 0 saturated heterocycles. The molecule has 0 atom stereocenters. The van der Waals surface area contributed by atoms with E-state index in [0.717, 1.165) is 82.3 Å². The summed E-state index contributed by atoms with van der Waals surface area (Å²) in [7, 11) is 0. The van der Waals surface area contributed by atoms with Gasteiger partial charge in [-0.25, -0.2) is 9.97 Å². The van der Waals surface area contributed by atoms with E-state index in [0.29, 0.717) is 13.1 Å². The van der Waals surface area contributed by atoms with Crippen LogP contribution in [0, 0.1) is 13.8 Å². The van der Waals surface area contributed by atoms with Crippen molar-refractivity contribution in [1.82, 2.24) is 29.7 Å². The molecule has 2 aromatic heterocycles. The first-order valence-corrected chi connectivity index (χ1v) is 17.3. The van der Waals surface area contributed by atoms with E-state index in [4.69, 9.17) is 9.97 Å². The summed E-state index contributed by atoms with van der Waals surface area (Å²) < 4.78 is 3.69. The van der Waals surface area contributed by atoms with Crippen LogP contribution in [0.1, 0.15) is 68.5 Å². The Hall–Kier alpha value is -5.15. The number of aryl methyl sites for hydroxylation is 2. The van der Waals surface area contributed by atoms with E-state index in [1.807, 2.05) is 95.8 Å². The molecule has 0 amide bonds. The van der Waals surface area contributed by atoms with Crippen LogP contribution in [0.4, 0.5) is 0 Å². The molecule has 2 aliphatic heterocycles. The highest BCUT2D eigenvalue weighted by Crippen LogP contribution is 2.28. The van der Waals surface area contributed by atoms with Crippen LogP contribution >= 0.6 is 12.4 Å². The first-order chi connectivity index (χ1) is 24.5. The predicted octanol–water partition coefficient (Wildman–Crippen LogP) is 6.09. The summed E-state index contributed by atoms with van der Waals surface area (Å²) in [6, 6.07) is 40.3. The number of hydrogen-bond donors (Lipinski definition) is 2. The number of halogens is 1. The van der Waals surface area contributed by atoms with Crippen LogP contribution in [-0.2, 0) is 25.9 Å². The van der Waals surface area contributed by atoms with Gasteiger partial charge in [-0.2, -0.15) is 0 Å². The van der Waals surface area contributed by atoms with E-state index in [-0.39, 0.29) is 35.6 Å². The van der Waals surface area contributed by atoms with Gasteiger partial charge in [-0.3, -0.25) is 18.7 Å². The average molecular weight is 699 g/mol. The molecule has 0 bridgehead atoms. The lowest BCUT2D eigenvalue weighted by molar-refractivity contribution is 0.557. The van der Waals surface area contributed by atoms with Crippen molar-refractivity contribution in [2.45, 2.75) is 51.9 Å². The van der Waals surface area contributed by atoms with Gasteiger partial charge in [-0.05, 0) is 36.1 Å². The molecule has 0 fully saturated rings. The fourth-order valence-electron chi connectivity index (χ4n) is 7.20. The van der Waals surface area contributed by atoms with Gasteiger partial charge in [0.05, 0.1) is 34.6 Å². The minimum atomic E-state index is -0.172. The van der Waals surface area contributed by atoms with Crippen LogP contribution in [0.25, 0.3) is 0 Å². The summed E-state index contributed by atoms with van der Waals surface area (Å²) in [5.41, 5.74) is 7.96. The van der Waals surface area contributed by atoms with E-state index >= 15 is 0 Å². The number of aromatic nitrogens is 4. The Morgan fingerprint density at radius 3 is 1.10 bits per heavy atom. The lowest BCUT2D eigenvalue weighted by atomic mass is 9.97. The fraction of sp³-hybridized carbons (Fsp3) is 0.238. The third-order valence-electron chi connectivity index (χ3n) is 9.60. The molecule has 0 aliphatic carbocycles. The van der Waals surface area contributed by atoms with E-state index in [1.165, 1.54) is 0 Å². The van der Waals surface area contributed by atoms with Gasteiger partial charge in [-0.15, -0.1) is 12.4 Å². The van der Waals surface area contributed by atoms with Gasteiger partial charge in [0, 0.05) is 39.0 Å². The number of nitrogens with zero attached hydrogens (tertiary/aromatic N) is 4. The highest BCUT2D eigenvalue weighted by atomic mass is 35.5. The smallest absolute Gasteiger partial charge is 0.259 e. The van der Waals surface area contributed by atoms with Gasteiger partial charge in [0.1, 0.15) is 11.6 Å². The van der Waals surface area contributed by atoms with Gasteiger partial charge in [0.25, 0.3) is 11.1 Å². The number of hydrogen-bond acceptors (Lipinski definition) is 6. The van der Waals surface area contributed by atoms with Crippen LogP contribution < -0.4 is 21.8 Å². The summed E-state index contributed by atoms with van der Waals surface area (Å²) in [5.74, 6) is 1.53. The topological polar surface area (TPSA) is 93.8 Å². The van der Waals surface area contributed by atoms with Crippen molar-refractivity contribution >= 4 is 12.4 Å². The van der Waals surface area contributed by atoms with Crippen LogP contribution in [0.3, 0.4) is 0 Å². The molecule has 51 heavy (non-hydrogen) atoms. The molecule has 8 rings (SSSR count). The van der Waals surface area contributed by atoms with E-state index in [1.54, 1.807) is 0 Å². The Kier molecular flexibility index (Phi) is 11.4. The second-order valence-corrected chi connectivity index (χ2v) is 12.8. The summed E-state index contributed by atoms with van der Waals surface area (Å²) in [6.07, 6.45) is 1.63. The molecule has 8 nitrogen and oxygen atoms in total. The normalized spacial score (nSPS) is 13.4. The van der Waals surface area contributed by atoms with Crippen LogP contribution in [0.5, 0.6) is 0 Å². The lowest BCUT2D eigenvalue weighted by Gasteiger charge is -2.26. The SMILES string of the molecule is Cc1nc2c(c(=O)n1C(c1ccccc1)c1ccccc1)CNCC2.Cc1nc2c(c(=O)n1C(c1ccccc1)c1ccccc1)CNCC2.Cl. The quantitative estimate of drug-likeness (QED) is 0.219.